The minimum absolute atomic E-state index is 0.603. The van der Waals surface area contributed by atoms with Gasteiger partial charge in [0.2, 0.25) is 0 Å². The second kappa shape index (κ2) is 32.6. The van der Waals surface area contributed by atoms with Crippen LogP contribution in [0.3, 0.4) is 0 Å². The molecule has 0 unspecified atom stereocenters. The lowest BCUT2D eigenvalue weighted by Gasteiger charge is -2.12. The molecule has 0 bridgehead atoms. The SMILES string of the molecule is CCNCc1cncc(-c2cnc3n[nH]c(-c4nc5c(-c6ccsc6)cncc5[nH]4)c3c2)c1.CN(C)c1cncc(-c2cnc3n[nH]c(-c4nc5c(-c6ccsc6)cncc5[nH]4)c3c2)c1.Nc1cncc(-c2cnc3n[nH]c(-c4nc5c(-c6ccsc6)cncc5[nH]4)c3c2)c1.c1cncc(-c2cnc3n[nH]c(-c4nc5c(-c6ccsc6)cncc5[nH]4)c3c2)c1. The zero-order chi connectivity index (χ0) is 83.1. The zero-order valence-corrected chi connectivity index (χ0v) is 69.0. The molecule has 0 atom stereocenters. The minimum Gasteiger partial charge on any atom is -0.397 e. The van der Waals surface area contributed by atoms with Crippen molar-refractivity contribution in [1.29, 1.82) is 0 Å². The van der Waals surface area contributed by atoms with Crippen molar-refractivity contribution in [2.75, 3.05) is 31.3 Å². The van der Waals surface area contributed by atoms with E-state index in [1.165, 1.54) is 0 Å². The van der Waals surface area contributed by atoms with Gasteiger partial charge in [0.25, 0.3) is 0 Å². The van der Waals surface area contributed by atoms with Crippen LogP contribution in [0.2, 0.25) is 0 Å². The number of fused-ring (bicyclic) bond motifs is 8. The van der Waals surface area contributed by atoms with Gasteiger partial charge >= 0.3 is 0 Å². The van der Waals surface area contributed by atoms with Gasteiger partial charge in [0.05, 0.1) is 86.0 Å². The molecule has 24 aromatic rings. The van der Waals surface area contributed by atoms with Gasteiger partial charge < -0.3 is 35.9 Å². The Morgan fingerprint density at radius 1 is 0.339 bits per heavy atom. The Morgan fingerprint density at radius 2 is 0.677 bits per heavy atom. The number of aromatic amines is 8. The van der Waals surface area contributed by atoms with Gasteiger partial charge in [0.15, 0.2) is 45.9 Å². The molecule has 0 aliphatic carbocycles. The molecule has 31 nitrogen and oxygen atoms in total. The number of anilines is 2. The maximum Gasteiger partial charge on any atom is 0.181 e. The van der Waals surface area contributed by atoms with Crippen LogP contribution < -0.4 is 16.0 Å². The monoisotopic (exact) mass is 1700 g/mol. The molecule has 124 heavy (non-hydrogen) atoms. The number of hydrogen-bond acceptors (Lipinski definition) is 27. The fraction of sp³-hybridized carbons (Fsp3) is 0.0562. The number of imidazole rings is 4. The molecule has 35 heteroatoms. The average Bonchev–Trinajstić information content (AvgIpc) is 1.63. The van der Waals surface area contributed by atoms with Crippen molar-refractivity contribution in [1.82, 2.24) is 146 Å². The second-order valence-corrected chi connectivity index (χ2v) is 32.1. The summed E-state index contributed by atoms with van der Waals surface area (Å²) in [7, 11) is 3.99. The zero-order valence-electron chi connectivity index (χ0n) is 65.7. The lowest BCUT2D eigenvalue weighted by atomic mass is 10.1. The van der Waals surface area contributed by atoms with Gasteiger partial charge in [-0.15, -0.1) is 0 Å². The molecule has 24 rings (SSSR count). The van der Waals surface area contributed by atoms with Crippen LogP contribution in [0, 0.1) is 0 Å². The molecule has 0 saturated carbocycles. The number of H-pyrrole nitrogens is 8. The standard InChI is InChI=1S/C24H20N8S.C23H18N8S.C21H14N8S.C21H13N7S/c1-2-25-7-14-5-16(9-26-8-14)17-6-18-22(31-32-23(18)28-10-17)24-29-20-12-27-11-19(21(20)30-24)15-3-4-33-13-15;1-31(2)16-5-14(7-24-9-16)15-6-17-21(29-30-22(17)26-8-15)23-27-19-11-25-10-18(20(19)28-23)13-3-4-32-12-13;22-14-3-12(5-23-7-14)13-4-15-19(28-29-20(15)25-6-13)21-26-17-9-24-8-16(18(17)27-21)11-1-2-30-10-11;1-2-12(7-22-4-1)14-6-15-19(27-28-20(15)24-8-14)21-25-17-10-23-9-16(18(17)26-21)13-3-5-29-11-13/h3-6,8-13,25H,2,7H2,1H3,(H,29,30)(H,28,31,32);3-12H,1-2H3,(H,27,28)(H,26,29,30);1-10H,22H2,(H,26,27)(H,25,28,29);1-11H,(H,25,26)(H,24,27,28). The molecule has 0 radical (unpaired) electrons. The van der Waals surface area contributed by atoms with Gasteiger partial charge in [-0.1, -0.05) is 13.0 Å². The number of thiophene rings is 4. The first-order chi connectivity index (χ1) is 61.1. The molecule has 0 aromatic carbocycles. The smallest absolute Gasteiger partial charge is 0.181 e. The topological polar surface area (TPSA) is 425 Å². The van der Waals surface area contributed by atoms with E-state index in [9.17, 15) is 0 Å². The maximum absolute atomic E-state index is 5.89. The highest BCUT2D eigenvalue weighted by Crippen LogP contribution is 2.40. The van der Waals surface area contributed by atoms with E-state index in [1.807, 2.05) is 117 Å². The molecule has 0 aliphatic heterocycles. The summed E-state index contributed by atoms with van der Waals surface area (Å²) < 4.78 is 0. The largest absolute Gasteiger partial charge is 0.397 e. The van der Waals surface area contributed by atoms with Gasteiger partial charge in [-0.2, -0.15) is 65.7 Å². The van der Waals surface area contributed by atoms with Gasteiger partial charge in [-0.25, -0.2) is 39.9 Å². The van der Waals surface area contributed by atoms with Gasteiger partial charge in [-0.05, 0) is 150 Å². The third-order valence-corrected chi connectivity index (χ3v) is 23.6. The van der Waals surface area contributed by atoms with Crippen LogP contribution in [-0.2, 0) is 6.54 Å². The number of nitrogens with two attached hydrogens (primary N) is 1. The van der Waals surface area contributed by atoms with Gasteiger partial charge in [-0.3, -0.25) is 60.3 Å². The van der Waals surface area contributed by atoms with E-state index in [0.29, 0.717) is 51.6 Å². The molecule has 0 spiro atoms. The van der Waals surface area contributed by atoms with Crippen molar-refractivity contribution < 1.29 is 0 Å². The summed E-state index contributed by atoms with van der Waals surface area (Å²) in [6.45, 7) is 3.79. The number of pyridine rings is 12. The van der Waals surface area contributed by atoms with Crippen LogP contribution in [-0.4, -0.2) is 161 Å². The van der Waals surface area contributed by atoms with Crippen molar-refractivity contribution in [2.45, 2.75) is 13.5 Å². The summed E-state index contributed by atoms with van der Waals surface area (Å²) >= 11 is 6.61. The molecular weight excluding hydrogens is 1630 g/mol. The van der Waals surface area contributed by atoms with Gasteiger partial charge in [0.1, 0.15) is 44.8 Å². The molecule has 11 N–H and O–H groups in total. The molecule has 0 fully saturated rings. The minimum atomic E-state index is 0.603. The summed E-state index contributed by atoms with van der Waals surface area (Å²) in [5, 5.41) is 53.3. The molecular formula is C89H65N31S4. The predicted octanol–water partition coefficient (Wildman–Crippen LogP) is 18.5. The lowest BCUT2D eigenvalue weighted by Crippen LogP contribution is -2.11. The molecule has 600 valence electrons. The number of hydrogen-bond donors (Lipinski definition) is 10. The summed E-state index contributed by atoms with van der Waals surface area (Å²) in [4.78, 5) is 87.8. The fourth-order valence-corrected chi connectivity index (χ4v) is 17.3. The Labute approximate surface area is 717 Å². The van der Waals surface area contributed by atoms with Crippen molar-refractivity contribution in [3.63, 3.8) is 0 Å². The highest BCUT2D eigenvalue weighted by Gasteiger charge is 2.23. The molecule has 0 aliphatic rings. The second-order valence-electron chi connectivity index (χ2n) is 28.9. The average molecular weight is 1700 g/mol. The van der Waals surface area contributed by atoms with Crippen molar-refractivity contribution in [3.05, 3.63) is 251 Å². The number of nitrogens with zero attached hydrogens (tertiary/aromatic N) is 21. The van der Waals surface area contributed by atoms with Gasteiger partial charge in [0, 0.05) is 180 Å². The van der Waals surface area contributed by atoms with Crippen LogP contribution in [0.4, 0.5) is 11.4 Å². The Hall–Kier alpha value is -16.1. The molecule has 0 saturated heterocycles. The normalized spacial score (nSPS) is 11.5. The summed E-state index contributed by atoms with van der Waals surface area (Å²) in [6, 6.07) is 26.5. The summed E-state index contributed by atoms with van der Waals surface area (Å²) in [5.74, 6) is 2.79. The molecule has 0 amide bonds. The van der Waals surface area contributed by atoms with Crippen LogP contribution in [0.1, 0.15) is 12.5 Å². The van der Waals surface area contributed by atoms with E-state index in [0.717, 1.165) is 202 Å². The van der Waals surface area contributed by atoms with E-state index < -0.39 is 0 Å². The number of nitrogen functional groups attached to an aromatic ring is 1. The van der Waals surface area contributed by atoms with E-state index >= 15 is 0 Å². The number of rotatable bonds is 16. The van der Waals surface area contributed by atoms with E-state index in [1.54, 1.807) is 101 Å². The molecule has 24 aromatic heterocycles. The maximum atomic E-state index is 5.89. The van der Waals surface area contributed by atoms with E-state index in [4.69, 9.17) is 25.7 Å². The molecule has 24 heterocycles. The third-order valence-electron chi connectivity index (χ3n) is 20.9. The van der Waals surface area contributed by atoms with Crippen molar-refractivity contribution in [3.8, 4) is 135 Å². The fourth-order valence-electron chi connectivity index (χ4n) is 14.7. The first-order valence-corrected chi connectivity index (χ1v) is 42.6. The highest BCUT2D eigenvalue weighted by molar-refractivity contribution is 7.09. The van der Waals surface area contributed by atoms with Crippen LogP contribution in [0.15, 0.2) is 246 Å². The quantitative estimate of drug-likeness (QED) is 0.0429. The van der Waals surface area contributed by atoms with Crippen LogP contribution >= 0.6 is 45.3 Å². The van der Waals surface area contributed by atoms with Crippen molar-refractivity contribution in [2.24, 2.45) is 0 Å². The van der Waals surface area contributed by atoms with Crippen LogP contribution in [0.25, 0.3) is 223 Å². The lowest BCUT2D eigenvalue weighted by molar-refractivity contribution is 0.724. The first kappa shape index (κ1) is 75.4. The van der Waals surface area contributed by atoms with E-state index in [2.05, 4.69) is 225 Å². The number of aromatic nitrogens is 28. The predicted molar refractivity (Wildman–Crippen MR) is 489 cm³/mol. The van der Waals surface area contributed by atoms with Crippen molar-refractivity contribution >= 4 is 145 Å². The van der Waals surface area contributed by atoms with E-state index in [-0.39, 0.29) is 0 Å². The van der Waals surface area contributed by atoms with Crippen LogP contribution in [0.5, 0.6) is 0 Å². The Morgan fingerprint density at radius 3 is 1.02 bits per heavy atom. The first-order valence-electron chi connectivity index (χ1n) is 38.8. The number of nitrogens with one attached hydrogen (secondary N) is 9. The Kier molecular flexibility index (Phi) is 19.8. The Balaban J connectivity index is 0.000000101. The summed E-state index contributed by atoms with van der Waals surface area (Å²) in [5.41, 5.74) is 37.5. The highest BCUT2D eigenvalue weighted by atomic mass is 32.1. The third kappa shape index (κ3) is 14.7. The summed E-state index contributed by atoms with van der Waals surface area (Å²) in [6.07, 6.45) is 36.2. The Bertz CT molecular complexity index is 7950.